The molecule has 1 N–H and O–H groups in total. The highest BCUT2D eigenvalue weighted by atomic mass is 35.5. The van der Waals surface area contributed by atoms with Gasteiger partial charge in [-0.3, -0.25) is 4.79 Å². The van der Waals surface area contributed by atoms with Crippen molar-refractivity contribution in [3.05, 3.63) is 53.2 Å². The summed E-state index contributed by atoms with van der Waals surface area (Å²) in [4.78, 5) is 12.4. The van der Waals surface area contributed by atoms with Crippen LogP contribution in [0, 0.1) is 6.92 Å². The number of fused-ring (bicyclic) bond motifs is 1. The van der Waals surface area contributed by atoms with Crippen molar-refractivity contribution < 1.29 is 14.3 Å². The molecule has 0 fully saturated rings. The normalized spacial score (nSPS) is 10.7. The molecular weight excluding hydrogens is 340 g/mol. The Balaban J connectivity index is 1.86. The van der Waals surface area contributed by atoms with Crippen LogP contribution in [-0.2, 0) is 11.3 Å². The number of anilines is 1. The summed E-state index contributed by atoms with van der Waals surface area (Å²) >= 11 is 5.95. The number of hydrogen-bond acceptors (Lipinski definition) is 3. The standard InChI is InChI=1S/C19H19ClN2O3/c1-12-8-13(20)4-5-16(12)21-19(23)11-22-7-6-15-17(22)9-14(24-2)10-18(15)25-3/h4-10H,11H2,1-3H3,(H,21,23). The van der Waals surface area contributed by atoms with Crippen molar-refractivity contribution in [2.75, 3.05) is 19.5 Å². The molecule has 1 heterocycles. The molecule has 0 saturated carbocycles. The van der Waals surface area contributed by atoms with Gasteiger partial charge in [0.2, 0.25) is 5.91 Å². The summed E-state index contributed by atoms with van der Waals surface area (Å²) in [5.74, 6) is 1.27. The van der Waals surface area contributed by atoms with E-state index in [2.05, 4.69) is 5.32 Å². The van der Waals surface area contributed by atoms with E-state index < -0.39 is 0 Å². The van der Waals surface area contributed by atoms with Crippen molar-refractivity contribution in [1.82, 2.24) is 4.57 Å². The third kappa shape index (κ3) is 3.56. The van der Waals surface area contributed by atoms with Gasteiger partial charge in [0.25, 0.3) is 0 Å². The first kappa shape index (κ1) is 17.2. The lowest BCUT2D eigenvalue weighted by atomic mass is 10.2. The predicted octanol–water partition coefficient (Wildman–Crippen LogP) is 4.26. The highest BCUT2D eigenvalue weighted by Gasteiger charge is 2.12. The quantitative estimate of drug-likeness (QED) is 0.741. The summed E-state index contributed by atoms with van der Waals surface area (Å²) in [6, 6.07) is 11.0. The van der Waals surface area contributed by atoms with Gasteiger partial charge in [-0.15, -0.1) is 0 Å². The van der Waals surface area contributed by atoms with Crippen LogP contribution in [-0.4, -0.2) is 24.7 Å². The van der Waals surface area contributed by atoms with E-state index in [9.17, 15) is 4.79 Å². The van der Waals surface area contributed by atoms with Crippen molar-refractivity contribution >= 4 is 34.1 Å². The summed E-state index contributed by atoms with van der Waals surface area (Å²) in [6.07, 6.45) is 1.86. The molecule has 0 unspecified atom stereocenters. The highest BCUT2D eigenvalue weighted by Crippen LogP contribution is 2.32. The van der Waals surface area contributed by atoms with Crippen LogP contribution in [0.25, 0.3) is 10.9 Å². The molecule has 0 radical (unpaired) electrons. The smallest absolute Gasteiger partial charge is 0.244 e. The minimum atomic E-state index is -0.121. The number of amides is 1. The van der Waals surface area contributed by atoms with Crippen LogP contribution in [0.2, 0.25) is 5.02 Å². The van der Waals surface area contributed by atoms with Crippen LogP contribution in [0.1, 0.15) is 5.56 Å². The lowest BCUT2D eigenvalue weighted by molar-refractivity contribution is -0.116. The van der Waals surface area contributed by atoms with E-state index in [0.717, 1.165) is 22.2 Å². The molecule has 5 nitrogen and oxygen atoms in total. The summed E-state index contributed by atoms with van der Waals surface area (Å²) < 4.78 is 12.6. The number of hydrogen-bond donors (Lipinski definition) is 1. The molecule has 130 valence electrons. The van der Waals surface area contributed by atoms with Gasteiger partial charge in [-0.25, -0.2) is 0 Å². The molecule has 1 amide bonds. The number of halogens is 1. The third-order valence-corrected chi connectivity index (χ3v) is 4.29. The van der Waals surface area contributed by atoms with Gasteiger partial charge in [0.1, 0.15) is 18.0 Å². The zero-order chi connectivity index (χ0) is 18.0. The Morgan fingerprint density at radius 3 is 2.64 bits per heavy atom. The Bertz CT molecular complexity index is 934. The lowest BCUT2D eigenvalue weighted by Gasteiger charge is -2.11. The van der Waals surface area contributed by atoms with Gasteiger partial charge in [-0.05, 0) is 36.8 Å². The van der Waals surface area contributed by atoms with Gasteiger partial charge in [-0.2, -0.15) is 0 Å². The number of benzene rings is 2. The van der Waals surface area contributed by atoms with Crippen molar-refractivity contribution in [3.63, 3.8) is 0 Å². The molecule has 3 rings (SSSR count). The number of methoxy groups -OCH3 is 2. The number of nitrogens with one attached hydrogen (secondary N) is 1. The maximum absolute atomic E-state index is 12.4. The minimum absolute atomic E-state index is 0.121. The fourth-order valence-electron chi connectivity index (χ4n) is 2.77. The van der Waals surface area contributed by atoms with Crippen molar-refractivity contribution in [2.45, 2.75) is 13.5 Å². The molecule has 0 aliphatic heterocycles. The number of aryl methyl sites for hydroxylation is 1. The Hall–Kier alpha value is -2.66. The molecule has 0 bridgehead atoms. The Kier molecular flexibility index (Phi) is 4.86. The third-order valence-electron chi connectivity index (χ3n) is 4.06. The van der Waals surface area contributed by atoms with Crippen LogP contribution in [0.5, 0.6) is 11.5 Å². The zero-order valence-corrected chi connectivity index (χ0v) is 15.1. The van der Waals surface area contributed by atoms with Gasteiger partial charge in [-0.1, -0.05) is 11.6 Å². The van der Waals surface area contributed by atoms with E-state index in [4.69, 9.17) is 21.1 Å². The summed E-state index contributed by atoms with van der Waals surface area (Å²) in [5, 5.41) is 4.49. The van der Waals surface area contributed by atoms with Crippen LogP contribution < -0.4 is 14.8 Å². The summed E-state index contributed by atoms with van der Waals surface area (Å²) in [6.45, 7) is 2.09. The predicted molar refractivity (Wildman–Crippen MR) is 99.9 cm³/mol. The number of carbonyl (C=O) groups excluding carboxylic acids is 1. The van der Waals surface area contributed by atoms with E-state index in [-0.39, 0.29) is 12.5 Å². The van der Waals surface area contributed by atoms with E-state index in [1.165, 1.54) is 0 Å². The first-order chi connectivity index (χ1) is 12.0. The fourth-order valence-corrected chi connectivity index (χ4v) is 3.00. The van der Waals surface area contributed by atoms with Gasteiger partial charge >= 0.3 is 0 Å². The maximum atomic E-state index is 12.4. The second-order valence-electron chi connectivity index (χ2n) is 5.71. The zero-order valence-electron chi connectivity index (χ0n) is 14.3. The molecule has 0 aliphatic carbocycles. The SMILES string of the molecule is COc1cc(OC)c2ccn(CC(=O)Nc3ccc(Cl)cc3C)c2c1. The van der Waals surface area contributed by atoms with E-state index in [1.54, 1.807) is 26.4 Å². The van der Waals surface area contributed by atoms with Gasteiger partial charge in [0.05, 0.1) is 19.7 Å². The molecular formula is C19H19ClN2O3. The van der Waals surface area contributed by atoms with E-state index >= 15 is 0 Å². The van der Waals surface area contributed by atoms with Crippen molar-refractivity contribution in [2.24, 2.45) is 0 Å². The highest BCUT2D eigenvalue weighted by molar-refractivity contribution is 6.30. The van der Waals surface area contributed by atoms with Gasteiger partial charge < -0.3 is 19.4 Å². The van der Waals surface area contributed by atoms with Crippen LogP contribution in [0.4, 0.5) is 5.69 Å². The molecule has 3 aromatic rings. The number of rotatable bonds is 5. The van der Waals surface area contributed by atoms with Gasteiger partial charge in [0, 0.05) is 34.4 Å². The Labute approximate surface area is 151 Å². The average Bonchev–Trinajstić information content (AvgIpc) is 2.99. The van der Waals surface area contributed by atoms with Crippen LogP contribution in [0.3, 0.4) is 0 Å². The molecule has 25 heavy (non-hydrogen) atoms. The molecule has 2 aromatic carbocycles. The van der Waals surface area contributed by atoms with E-state index in [1.807, 2.05) is 42.0 Å². The molecule has 0 atom stereocenters. The molecule has 0 saturated heterocycles. The average molecular weight is 359 g/mol. The first-order valence-corrected chi connectivity index (χ1v) is 8.16. The summed E-state index contributed by atoms with van der Waals surface area (Å²) in [7, 11) is 3.21. The number of aromatic nitrogens is 1. The number of nitrogens with zero attached hydrogens (tertiary/aromatic N) is 1. The van der Waals surface area contributed by atoms with Gasteiger partial charge in [0.15, 0.2) is 0 Å². The lowest BCUT2D eigenvalue weighted by Crippen LogP contribution is -2.18. The van der Waals surface area contributed by atoms with E-state index in [0.29, 0.717) is 16.5 Å². The molecule has 6 heteroatoms. The van der Waals surface area contributed by atoms with Crippen molar-refractivity contribution in [1.29, 1.82) is 0 Å². The minimum Gasteiger partial charge on any atom is -0.497 e. The van der Waals surface area contributed by atoms with Crippen molar-refractivity contribution in [3.8, 4) is 11.5 Å². The first-order valence-electron chi connectivity index (χ1n) is 7.78. The Morgan fingerprint density at radius 1 is 1.16 bits per heavy atom. The monoisotopic (exact) mass is 358 g/mol. The fraction of sp³-hybridized carbons (Fsp3) is 0.211. The van der Waals surface area contributed by atoms with Crippen LogP contribution >= 0.6 is 11.6 Å². The second kappa shape index (κ2) is 7.07. The molecule has 0 aliphatic rings. The molecule has 1 aromatic heterocycles. The topological polar surface area (TPSA) is 52.5 Å². The second-order valence-corrected chi connectivity index (χ2v) is 6.15. The Morgan fingerprint density at radius 2 is 1.96 bits per heavy atom. The summed E-state index contributed by atoms with van der Waals surface area (Å²) in [5.41, 5.74) is 2.54. The number of carbonyl (C=O) groups is 1. The molecule has 0 spiro atoms. The maximum Gasteiger partial charge on any atom is 0.244 e. The largest absolute Gasteiger partial charge is 0.497 e. The number of ether oxygens (including phenoxy) is 2. The van der Waals surface area contributed by atoms with Crippen LogP contribution in [0.15, 0.2) is 42.6 Å².